The molecule has 7 nitrogen and oxygen atoms in total. The molecular formula is C18H16FN3O4S2. The van der Waals surface area contributed by atoms with Gasteiger partial charge in [0.2, 0.25) is 5.91 Å². The van der Waals surface area contributed by atoms with Crippen molar-refractivity contribution in [1.29, 1.82) is 5.26 Å². The number of nitriles is 1. The van der Waals surface area contributed by atoms with Gasteiger partial charge < -0.3 is 15.4 Å². The molecule has 10 heteroatoms. The third-order valence-electron chi connectivity index (χ3n) is 3.31. The maximum atomic E-state index is 12.8. The smallest absolute Gasteiger partial charge is 0.319 e. The van der Waals surface area contributed by atoms with Crippen molar-refractivity contribution in [2.75, 3.05) is 23.0 Å². The molecule has 1 aromatic carbocycles. The fourth-order valence-electron chi connectivity index (χ4n) is 1.91. The molecule has 28 heavy (non-hydrogen) atoms. The van der Waals surface area contributed by atoms with Gasteiger partial charge in [0.15, 0.2) is 6.61 Å². The number of thiophene rings is 1. The Morgan fingerprint density at radius 1 is 1.21 bits per heavy atom. The molecule has 0 saturated carbocycles. The van der Waals surface area contributed by atoms with Crippen molar-refractivity contribution in [3.05, 3.63) is 47.1 Å². The first-order valence-corrected chi connectivity index (χ1v) is 9.93. The highest BCUT2D eigenvalue weighted by atomic mass is 32.2. The number of benzene rings is 1. The Kier molecular flexibility index (Phi) is 7.98. The Labute approximate surface area is 168 Å². The van der Waals surface area contributed by atoms with Crippen LogP contribution < -0.4 is 10.6 Å². The van der Waals surface area contributed by atoms with Gasteiger partial charge in [0.25, 0.3) is 5.91 Å². The summed E-state index contributed by atoms with van der Waals surface area (Å²) in [4.78, 5) is 35.6. The average Bonchev–Trinajstić information content (AvgIpc) is 3.13. The fourth-order valence-corrected chi connectivity index (χ4v) is 3.34. The molecular weight excluding hydrogens is 405 g/mol. The van der Waals surface area contributed by atoms with Crippen LogP contribution >= 0.6 is 23.1 Å². The van der Waals surface area contributed by atoms with Gasteiger partial charge >= 0.3 is 5.97 Å². The molecule has 0 aliphatic heterocycles. The Bertz CT molecular complexity index is 893. The van der Waals surface area contributed by atoms with Crippen LogP contribution in [0.2, 0.25) is 0 Å². The van der Waals surface area contributed by atoms with Gasteiger partial charge in [-0.05, 0) is 42.6 Å². The first kappa shape index (κ1) is 21.4. The van der Waals surface area contributed by atoms with Crippen molar-refractivity contribution in [3.63, 3.8) is 0 Å². The molecule has 1 heterocycles. The number of amides is 2. The molecule has 0 spiro atoms. The van der Waals surface area contributed by atoms with Gasteiger partial charge in [-0.1, -0.05) is 0 Å². The summed E-state index contributed by atoms with van der Waals surface area (Å²) < 4.78 is 17.8. The van der Waals surface area contributed by atoms with Crippen molar-refractivity contribution in [1.82, 2.24) is 0 Å². The van der Waals surface area contributed by atoms with E-state index in [-0.39, 0.29) is 11.7 Å². The number of nitrogens with zero attached hydrogens (tertiary/aromatic N) is 1. The summed E-state index contributed by atoms with van der Waals surface area (Å²) in [5.41, 5.74) is 0.782. The molecule has 0 aliphatic carbocycles. The van der Waals surface area contributed by atoms with E-state index in [1.807, 2.05) is 6.07 Å². The van der Waals surface area contributed by atoms with E-state index in [1.165, 1.54) is 35.6 Å². The zero-order valence-electron chi connectivity index (χ0n) is 14.7. The second kappa shape index (κ2) is 10.4. The van der Waals surface area contributed by atoms with Crippen LogP contribution in [0.5, 0.6) is 0 Å². The van der Waals surface area contributed by atoms with Gasteiger partial charge in [-0.25, -0.2) is 4.39 Å². The molecule has 2 aromatic rings. The van der Waals surface area contributed by atoms with Crippen LogP contribution in [-0.2, 0) is 19.1 Å². The molecule has 0 saturated heterocycles. The molecule has 0 unspecified atom stereocenters. The summed E-state index contributed by atoms with van der Waals surface area (Å²) in [6.45, 7) is 1.07. The minimum atomic E-state index is -0.664. The molecule has 2 rings (SSSR count). The van der Waals surface area contributed by atoms with E-state index in [4.69, 9.17) is 10.00 Å². The number of anilines is 2. The van der Waals surface area contributed by atoms with Gasteiger partial charge in [-0.3, -0.25) is 14.4 Å². The topological polar surface area (TPSA) is 108 Å². The Balaban J connectivity index is 1.70. The van der Waals surface area contributed by atoms with Crippen LogP contribution in [0.3, 0.4) is 0 Å². The molecule has 0 bridgehead atoms. The van der Waals surface area contributed by atoms with Gasteiger partial charge in [-0.2, -0.15) is 5.26 Å². The van der Waals surface area contributed by atoms with Crippen molar-refractivity contribution in [2.45, 2.75) is 12.2 Å². The van der Waals surface area contributed by atoms with Crippen molar-refractivity contribution >= 4 is 51.6 Å². The first-order chi connectivity index (χ1) is 13.4. The van der Waals surface area contributed by atoms with Gasteiger partial charge in [0.1, 0.15) is 22.1 Å². The van der Waals surface area contributed by atoms with E-state index in [1.54, 1.807) is 18.4 Å². The third-order valence-corrected chi connectivity index (χ3v) is 5.26. The summed E-state index contributed by atoms with van der Waals surface area (Å²) in [5, 5.41) is 15.4. The zero-order chi connectivity index (χ0) is 20.5. The number of ether oxygens (including phenoxy) is 1. The lowest BCUT2D eigenvalue weighted by atomic mass is 10.3. The number of hydrogen-bond acceptors (Lipinski definition) is 7. The molecule has 146 valence electrons. The maximum absolute atomic E-state index is 12.8. The second-order valence-corrected chi connectivity index (χ2v) is 7.68. The number of thioether (sulfide) groups is 1. The minimum absolute atomic E-state index is 0.0133. The fraction of sp³-hybridized carbons (Fsp3) is 0.222. The number of carbonyl (C=O) groups excluding carboxylic acids is 3. The molecule has 0 aliphatic rings. The van der Waals surface area contributed by atoms with E-state index < -0.39 is 29.6 Å². The number of rotatable bonds is 8. The van der Waals surface area contributed by atoms with E-state index in [2.05, 4.69) is 10.6 Å². The second-order valence-electron chi connectivity index (χ2n) is 5.44. The monoisotopic (exact) mass is 421 g/mol. The molecule has 0 radical (unpaired) electrons. The minimum Gasteiger partial charge on any atom is -0.455 e. The average molecular weight is 421 g/mol. The van der Waals surface area contributed by atoms with Crippen molar-refractivity contribution < 1.29 is 23.5 Å². The van der Waals surface area contributed by atoms with E-state index in [0.717, 1.165) is 11.8 Å². The standard InChI is InChI=1S/C18H16FN3O4S2/c1-11(28-10-16(24)21-14-4-2-13(19)3-5-14)18(25)26-9-15(23)22-17-12(8-20)6-7-27-17/h2-7,11H,9-10H2,1H3,(H,21,24)(H,22,23)/t11-/m0/s1. The van der Waals surface area contributed by atoms with Crippen molar-refractivity contribution in [3.8, 4) is 6.07 Å². The predicted octanol–water partition coefficient (Wildman–Crippen LogP) is 3.00. The van der Waals surface area contributed by atoms with Crippen LogP contribution in [0.25, 0.3) is 0 Å². The summed E-state index contributed by atoms with van der Waals surface area (Å²) in [7, 11) is 0. The highest BCUT2D eigenvalue weighted by Crippen LogP contribution is 2.22. The van der Waals surface area contributed by atoms with Crippen LogP contribution in [0.1, 0.15) is 12.5 Å². The normalized spacial score (nSPS) is 11.2. The van der Waals surface area contributed by atoms with E-state index in [9.17, 15) is 18.8 Å². The highest BCUT2D eigenvalue weighted by Gasteiger charge is 2.18. The predicted molar refractivity (Wildman–Crippen MR) is 106 cm³/mol. The van der Waals surface area contributed by atoms with E-state index >= 15 is 0 Å². The van der Waals surface area contributed by atoms with Crippen LogP contribution in [0.15, 0.2) is 35.7 Å². The first-order valence-electron chi connectivity index (χ1n) is 8.00. The largest absolute Gasteiger partial charge is 0.455 e. The summed E-state index contributed by atoms with van der Waals surface area (Å²) in [6.07, 6.45) is 0. The Morgan fingerprint density at radius 3 is 2.61 bits per heavy atom. The number of esters is 1. The molecule has 1 atom stereocenters. The quantitative estimate of drug-likeness (QED) is 0.635. The summed E-state index contributed by atoms with van der Waals surface area (Å²) in [6, 6.07) is 8.82. The molecule has 2 N–H and O–H groups in total. The maximum Gasteiger partial charge on any atom is 0.319 e. The van der Waals surface area contributed by atoms with Gasteiger partial charge in [0.05, 0.1) is 11.3 Å². The lowest BCUT2D eigenvalue weighted by Crippen LogP contribution is -2.26. The third kappa shape index (κ3) is 6.68. The van der Waals surface area contributed by atoms with Crippen molar-refractivity contribution in [2.24, 2.45) is 0 Å². The van der Waals surface area contributed by atoms with Gasteiger partial charge in [0, 0.05) is 5.69 Å². The number of halogens is 1. The SMILES string of the molecule is C[C@H](SCC(=O)Nc1ccc(F)cc1)C(=O)OCC(=O)Nc1sccc1C#N. The van der Waals surface area contributed by atoms with Crippen LogP contribution in [0.4, 0.5) is 15.1 Å². The number of nitrogens with one attached hydrogen (secondary N) is 2. The number of hydrogen-bond donors (Lipinski definition) is 2. The number of carbonyl (C=O) groups is 3. The summed E-state index contributed by atoms with van der Waals surface area (Å²) in [5.74, 6) is -1.97. The summed E-state index contributed by atoms with van der Waals surface area (Å²) >= 11 is 2.24. The Morgan fingerprint density at radius 2 is 1.93 bits per heavy atom. The molecule has 0 fully saturated rings. The zero-order valence-corrected chi connectivity index (χ0v) is 16.4. The molecule has 1 aromatic heterocycles. The van der Waals surface area contributed by atoms with Gasteiger partial charge in [-0.15, -0.1) is 23.1 Å². The highest BCUT2D eigenvalue weighted by molar-refractivity contribution is 8.01. The Hall–Kier alpha value is -2.90. The van der Waals surface area contributed by atoms with Crippen LogP contribution in [0, 0.1) is 17.1 Å². The lowest BCUT2D eigenvalue weighted by molar-refractivity contribution is -0.146. The van der Waals surface area contributed by atoms with Crippen LogP contribution in [-0.4, -0.2) is 35.4 Å². The van der Waals surface area contributed by atoms with E-state index in [0.29, 0.717) is 16.3 Å². The molecule has 2 amide bonds. The lowest BCUT2D eigenvalue weighted by Gasteiger charge is -2.11.